The van der Waals surface area contributed by atoms with Crippen LogP contribution in [0.5, 0.6) is 0 Å². The van der Waals surface area contributed by atoms with Crippen LogP contribution in [0.2, 0.25) is 0 Å². The maximum absolute atomic E-state index is 13.7. The number of carboxylic acids is 1. The van der Waals surface area contributed by atoms with Crippen molar-refractivity contribution in [2.75, 3.05) is 5.32 Å². The van der Waals surface area contributed by atoms with E-state index >= 15 is 0 Å². The summed E-state index contributed by atoms with van der Waals surface area (Å²) in [6.45, 7) is 5.60. The summed E-state index contributed by atoms with van der Waals surface area (Å²) in [5.74, 6) is -2.43. The van der Waals surface area contributed by atoms with Gasteiger partial charge < -0.3 is 10.4 Å². The van der Waals surface area contributed by atoms with E-state index in [0.717, 1.165) is 18.2 Å². The van der Waals surface area contributed by atoms with Gasteiger partial charge in [-0.05, 0) is 39.0 Å². The van der Waals surface area contributed by atoms with Crippen LogP contribution in [0.1, 0.15) is 46.3 Å². The van der Waals surface area contributed by atoms with Crippen molar-refractivity contribution < 1.29 is 19.1 Å². The average Bonchev–Trinajstić information content (AvgIpc) is 2.83. The number of carbonyl (C=O) groups is 2. The van der Waals surface area contributed by atoms with E-state index in [9.17, 15) is 14.0 Å². The second-order valence-electron chi connectivity index (χ2n) is 5.14. The van der Waals surface area contributed by atoms with Gasteiger partial charge in [0.15, 0.2) is 0 Å². The van der Waals surface area contributed by atoms with Crippen molar-refractivity contribution in [2.45, 2.75) is 26.8 Å². The number of hydrogen-bond donors (Lipinski definition) is 2. The first-order valence-corrected chi connectivity index (χ1v) is 6.69. The fourth-order valence-corrected chi connectivity index (χ4v) is 2.11. The van der Waals surface area contributed by atoms with Crippen LogP contribution in [-0.4, -0.2) is 26.8 Å². The highest BCUT2D eigenvalue weighted by molar-refractivity contribution is 6.05. The highest BCUT2D eigenvalue weighted by Gasteiger charge is 2.17. The maximum Gasteiger partial charge on any atom is 0.335 e. The highest BCUT2D eigenvalue weighted by Crippen LogP contribution is 2.19. The lowest BCUT2D eigenvalue weighted by Gasteiger charge is -2.10. The lowest BCUT2D eigenvalue weighted by atomic mass is 10.1. The summed E-state index contributed by atoms with van der Waals surface area (Å²) in [7, 11) is 0. The van der Waals surface area contributed by atoms with Gasteiger partial charge in [0.1, 0.15) is 5.82 Å². The van der Waals surface area contributed by atoms with E-state index in [1.807, 2.05) is 13.8 Å². The Labute approximate surface area is 126 Å². The standard InChI is InChI=1S/C15H16FN3O3/c1-8(2)19-9(3)11(7-17-19)14(20)18-13-6-10(15(21)22)4-5-12(13)16/h4-8H,1-3H3,(H,18,20)(H,21,22). The Morgan fingerprint density at radius 3 is 2.59 bits per heavy atom. The molecule has 2 N–H and O–H groups in total. The number of anilines is 1. The summed E-state index contributed by atoms with van der Waals surface area (Å²) in [4.78, 5) is 23.1. The van der Waals surface area contributed by atoms with Crippen molar-refractivity contribution in [1.29, 1.82) is 0 Å². The topological polar surface area (TPSA) is 84.2 Å². The predicted octanol–water partition coefficient (Wildman–Crippen LogP) is 2.86. The van der Waals surface area contributed by atoms with E-state index in [1.165, 1.54) is 6.20 Å². The van der Waals surface area contributed by atoms with Crippen LogP contribution in [0.4, 0.5) is 10.1 Å². The van der Waals surface area contributed by atoms with Crippen molar-refractivity contribution in [3.05, 3.63) is 47.0 Å². The van der Waals surface area contributed by atoms with Crippen LogP contribution in [0.3, 0.4) is 0 Å². The Morgan fingerprint density at radius 2 is 2.05 bits per heavy atom. The molecule has 0 saturated heterocycles. The molecule has 1 aromatic heterocycles. The molecule has 1 aromatic carbocycles. The van der Waals surface area contributed by atoms with Crippen molar-refractivity contribution in [1.82, 2.24) is 9.78 Å². The van der Waals surface area contributed by atoms with Gasteiger partial charge >= 0.3 is 5.97 Å². The number of amides is 1. The van der Waals surface area contributed by atoms with Crippen LogP contribution < -0.4 is 5.32 Å². The van der Waals surface area contributed by atoms with Gasteiger partial charge in [-0.1, -0.05) is 0 Å². The summed E-state index contributed by atoms with van der Waals surface area (Å²) in [5.41, 5.74) is 0.684. The molecule has 6 nitrogen and oxygen atoms in total. The van der Waals surface area contributed by atoms with Crippen LogP contribution in [-0.2, 0) is 0 Å². The smallest absolute Gasteiger partial charge is 0.335 e. The Bertz CT molecular complexity index is 738. The van der Waals surface area contributed by atoms with E-state index in [0.29, 0.717) is 11.3 Å². The van der Waals surface area contributed by atoms with Gasteiger partial charge in [0, 0.05) is 11.7 Å². The maximum atomic E-state index is 13.7. The SMILES string of the molecule is Cc1c(C(=O)Nc2cc(C(=O)O)ccc2F)cnn1C(C)C. The molecule has 2 aromatic rings. The molecule has 0 aliphatic rings. The van der Waals surface area contributed by atoms with Crippen molar-refractivity contribution in [3.8, 4) is 0 Å². The molecule has 0 bridgehead atoms. The van der Waals surface area contributed by atoms with Crippen molar-refractivity contribution in [2.24, 2.45) is 0 Å². The second kappa shape index (κ2) is 5.97. The molecular formula is C15H16FN3O3. The van der Waals surface area contributed by atoms with Crippen LogP contribution in [0.15, 0.2) is 24.4 Å². The number of hydrogen-bond acceptors (Lipinski definition) is 3. The van der Waals surface area contributed by atoms with Crippen LogP contribution >= 0.6 is 0 Å². The van der Waals surface area contributed by atoms with Gasteiger partial charge in [0.05, 0.1) is 23.0 Å². The Hall–Kier alpha value is -2.70. The fraction of sp³-hybridized carbons (Fsp3) is 0.267. The number of nitrogens with one attached hydrogen (secondary N) is 1. The van der Waals surface area contributed by atoms with Gasteiger partial charge in [0.25, 0.3) is 5.91 Å². The number of aromatic carboxylic acids is 1. The zero-order valence-corrected chi connectivity index (χ0v) is 12.4. The van der Waals surface area contributed by atoms with Gasteiger partial charge in [-0.3, -0.25) is 9.48 Å². The van der Waals surface area contributed by atoms with Crippen molar-refractivity contribution in [3.63, 3.8) is 0 Å². The summed E-state index contributed by atoms with van der Waals surface area (Å²) < 4.78 is 15.4. The number of aromatic nitrogens is 2. The third-order valence-corrected chi connectivity index (χ3v) is 3.24. The minimum atomic E-state index is -1.20. The summed E-state index contributed by atoms with van der Waals surface area (Å²) in [6, 6.07) is 3.31. The zero-order valence-electron chi connectivity index (χ0n) is 12.4. The lowest BCUT2D eigenvalue weighted by Crippen LogP contribution is -2.15. The molecule has 116 valence electrons. The summed E-state index contributed by atoms with van der Waals surface area (Å²) in [6.07, 6.45) is 1.41. The monoisotopic (exact) mass is 305 g/mol. The normalized spacial score (nSPS) is 10.8. The number of carbonyl (C=O) groups excluding carboxylic acids is 1. The molecule has 7 heteroatoms. The Kier molecular flexibility index (Phi) is 4.25. The molecule has 0 saturated carbocycles. The number of rotatable bonds is 4. The number of nitrogens with zero attached hydrogens (tertiary/aromatic N) is 2. The molecule has 0 atom stereocenters. The number of halogens is 1. The minimum absolute atomic E-state index is 0.0913. The summed E-state index contributed by atoms with van der Waals surface area (Å²) in [5, 5.41) is 15.4. The van der Waals surface area contributed by atoms with Gasteiger partial charge in [-0.15, -0.1) is 0 Å². The van der Waals surface area contributed by atoms with E-state index in [2.05, 4.69) is 10.4 Å². The molecular weight excluding hydrogens is 289 g/mol. The fourth-order valence-electron chi connectivity index (χ4n) is 2.11. The second-order valence-corrected chi connectivity index (χ2v) is 5.14. The van der Waals surface area contributed by atoms with E-state index in [-0.39, 0.29) is 17.3 Å². The molecule has 1 amide bonds. The first kappa shape index (κ1) is 15.7. The molecule has 0 fully saturated rings. The van der Waals surface area contributed by atoms with Gasteiger partial charge in [0.2, 0.25) is 0 Å². The first-order valence-electron chi connectivity index (χ1n) is 6.69. The number of carboxylic acid groups (broad SMARTS) is 1. The molecule has 22 heavy (non-hydrogen) atoms. The van der Waals surface area contributed by atoms with E-state index in [1.54, 1.807) is 11.6 Å². The molecule has 0 unspecified atom stereocenters. The lowest BCUT2D eigenvalue weighted by molar-refractivity contribution is 0.0696. The van der Waals surface area contributed by atoms with Crippen LogP contribution in [0.25, 0.3) is 0 Å². The zero-order chi connectivity index (χ0) is 16.4. The minimum Gasteiger partial charge on any atom is -0.478 e. The van der Waals surface area contributed by atoms with Gasteiger partial charge in [-0.2, -0.15) is 5.10 Å². The third-order valence-electron chi connectivity index (χ3n) is 3.24. The van der Waals surface area contributed by atoms with Crippen LogP contribution in [0, 0.1) is 12.7 Å². The molecule has 2 rings (SSSR count). The molecule has 0 aliphatic carbocycles. The Balaban J connectivity index is 2.29. The van der Waals surface area contributed by atoms with Gasteiger partial charge in [-0.25, -0.2) is 9.18 Å². The average molecular weight is 305 g/mol. The van der Waals surface area contributed by atoms with E-state index < -0.39 is 17.7 Å². The quantitative estimate of drug-likeness (QED) is 0.909. The largest absolute Gasteiger partial charge is 0.478 e. The highest BCUT2D eigenvalue weighted by atomic mass is 19.1. The summed E-state index contributed by atoms with van der Waals surface area (Å²) >= 11 is 0. The number of benzene rings is 1. The molecule has 1 heterocycles. The molecule has 0 aliphatic heterocycles. The predicted molar refractivity (Wildman–Crippen MR) is 78.7 cm³/mol. The Morgan fingerprint density at radius 1 is 1.36 bits per heavy atom. The third kappa shape index (κ3) is 2.98. The molecule has 0 spiro atoms. The first-order chi connectivity index (χ1) is 10.3. The molecule has 0 radical (unpaired) electrons. The van der Waals surface area contributed by atoms with Crippen molar-refractivity contribution >= 4 is 17.6 Å². The van der Waals surface area contributed by atoms with E-state index in [4.69, 9.17) is 5.11 Å².